The van der Waals surface area contributed by atoms with Crippen molar-refractivity contribution >= 4 is 12.2 Å². The molecule has 1 amide bonds. The van der Waals surface area contributed by atoms with Gasteiger partial charge in [0.1, 0.15) is 6.29 Å². The molecule has 3 rings (SSSR count). The van der Waals surface area contributed by atoms with Crippen LogP contribution in [0.5, 0.6) is 0 Å². The van der Waals surface area contributed by atoms with Gasteiger partial charge in [0.25, 0.3) is 5.91 Å². The van der Waals surface area contributed by atoms with Crippen molar-refractivity contribution < 1.29 is 9.59 Å². The Morgan fingerprint density at radius 1 is 0.913 bits per heavy atom. The maximum atomic E-state index is 12.8. The van der Waals surface area contributed by atoms with E-state index >= 15 is 0 Å². The number of benzene rings is 2. The fourth-order valence-electron chi connectivity index (χ4n) is 2.91. The van der Waals surface area contributed by atoms with E-state index in [0.29, 0.717) is 37.1 Å². The van der Waals surface area contributed by atoms with Gasteiger partial charge >= 0.3 is 0 Å². The summed E-state index contributed by atoms with van der Waals surface area (Å²) in [6.45, 7) is 1.18. The molecule has 23 heavy (non-hydrogen) atoms. The van der Waals surface area contributed by atoms with Crippen molar-refractivity contribution in [3.63, 3.8) is 0 Å². The second kappa shape index (κ2) is 7.05. The number of rotatable bonds is 5. The summed E-state index contributed by atoms with van der Waals surface area (Å²) in [6.07, 6.45) is 1.99. The van der Waals surface area contributed by atoms with Crippen LogP contribution in [0.2, 0.25) is 0 Å². The number of aldehydes is 1. The molecule has 0 N–H and O–H groups in total. The van der Waals surface area contributed by atoms with Crippen LogP contribution in [0.25, 0.3) is 0 Å². The van der Waals surface area contributed by atoms with Gasteiger partial charge in [-0.1, -0.05) is 60.7 Å². The zero-order chi connectivity index (χ0) is 16.1. The molecule has 0 bridgehead atoms. The first-order valence-electron chi connectivity index (χ1n) is 7.82. The summed E-state index contributed by atoms with van der Waals surface area (Å²) < 4.78 is 0. The molecule has 3 nitrogen and oxygen atoms in total. The molecule has 0 atom stereocenters. The van der Waals surface area contributed by atoms with Crippen LogP contribution >= 0.6 is 0 Å². The van der Waals surface area contributed by atoms with E-state index in [0.717, 1.165) is 17.4 Å². The van der Waals surface area contributed by atoms with Crippen LogP contribution in [0.15, 0.2) is 71.8 Å². The monoisotopic (exact) mass is 305 g/mol. The van der Waals surface area contributed by atoms with Gasteiger partial charge in [-0.15, -0.1) is 0 Å². The maximum absolute atomic E-state index is 12.8. The fourth-order valence-corrected chi connectivity index (χ4v) is 2.91. The summed E-state index contributed by atoms with van der Waals surface area (Å²) in [5.74, 6) is -0.0222. The van der Waals surface area contributed by atoms with E-state index in [4.69, 9.17) is 0 Å². The van der Waals surface area contributed by atoms with E-state index in [1.807, 2.05) is 65.6 Å². The molecule has 0 spiro atoms. The SMILES string of the molecule is O=CC1=C(Cc2ccccc2)C(=O)N(Cc2ccccc2)CC1. The van der Waals surface area contributed by atoms with Crippen molar-refractivity contribution in [1.82, 2.24) is 4.90 Å². The van der Waals surface area contributed by atoms with Gasteiger partial charge in [0, 0.05) is 30.7 Å². The van der Waals surface area contributed by atoms with Crippen LogP contribution in [-0.4, -0.2) is 23.6 Å². The summed E-state index contributed by atoms with van der Waals surface area (Å²) in [4.78, 5) is 26.0. The van der Waals surface area contributed by atoms with Gasteiger partial charge in [-0.2, -0.15) is 0 Å². The summed E-state index contributed by atoms with van der Waals surface area (Å²) in [5.41, 5.74) is 3.43. The van der Waals surface area contributed by atoms with Gasteiger partial charge in [0.15, 0.2) is 0 Å². The third-order valence-electron chi connectivity index (χ3n) is 4.17. The van der Waals surface area contributed by atoms with Crippen LogP contribution in [0.3, 0.4) is 0 Å². The number of hydrogen-bond acceptors (Lipinski definition) is 2. The summed E-state index contributed by atoms with van der Waals surface area (Å²) >= 11 is 0. The molecule has 2 aromatic rings. The predicted molar refractivity (Wildman–Crippen MR) is 89.7 cm³/mol. The van der Waals surface area contributed by atoms with E-state index in [2.05, 4.69) is 0 Å². The molecule has 0 radical (unpaired) electrons. The highest BCUT2D eigenvalue weighted by molar-refractivity contribution is 6.00. The second-order valence-electron chi connectivity index (χ2n) is 5.75. The van der Waals surface area contributed by atoms with Gasteiger partial charge in [-0.05, 0) is 17.5 Å². The quantitative estimate of drug-likeness (QED) is 0.796. The molecule has 0 fully saturated rings. The minimum atomic E-state index is -0.0222. The Bertz CT molecular complexity index is 720. The van der Waals surface area contributed by atoms with E-state index in [1.54, 1.807) is 0 Å². The molecule has 0 unspecified atom stereocenters. The molecule has 0 aromatic heterocycles. The fraction of sp³-hybridized carbons (Fsp3) is 0.200. The third-order valence-corrected chi connectivity index (χ3v) is 4.17. The average molecular weight is 305 g/mol. The smallest absolute Gasteiger partial charge is 0.250 e. The minimum absolute atomic E-state index is 0.0222. The van der Waals surface area contributed by atoms with Crippen LogP contribution in [0.1, 0.15) is 17.5 Å². The lowest BCUT2D eigenvalue weighted by Crippen LogP contribution is -2.37. The number of carbonyl (C=O) groups excluding carboxylic acids is 2. The summed E-state index contributed by atoms with van der Waals surface area (Å²) in [7, 11) is 0. The molecular formula is C20H19NO2. The van der Waals surface area contributed by atoms with E-state index in [-0.39, 0.29) is 5.91 Å². The molecule has 0 saturated carbocycles. The van der Waals surface area contributed by atoms with Crippen molar-refractivity contribution in [2.75, 3.05) is 6.54 Å². The average Bonchev–Trinajstić information content (AvgIpc) is 2.60. The Kier molecular flexibility index (Phi) is 4.67. The van der Waals surface area contributed by atoms with Crippen LogP contribution in [0.4, 0.5) is 0 Å². The van der Waals surface area contributed by atoms with Crippen molar-refractivity contribution in [3.8, 4) is 0 Å². The molecule has 1 heterocycles. The van der Waals surface area contributed by atoms with E-state index in [1.165, 1.54) is 0 Å². The van der Waals surface area contributed by atoms with Crippen molar-refractivity contribution in [3.05, 3.63) is 82.9 Å². The topological polar surface area (TPSA) is 37.4 Å². The first-order valence-corrected chi connectivity index (χ1v) is 7.82. The number of nitrogens with zero attached hydrogens (tertiary/aromatic N) is 1. The second-order valence-corrected chi connectivity index (χ2v) is 5.75. The standard InChI is InChI=1S/C20H19NO2/c22-15-18-11-12-21(14-17-9-5-2-6-10-17)20(23)19(18)13-16-7-3-1-4-8-16/h1-10,15H,11-14H2. The van der Waals surface area contributed by atoms with Crippen LogP contribution < -0.4 is 0 Å². The number of hydrogen-bond donors (Lipinski definition) is 0. The largest absolute Gasteiger partial charge is 0.334 e. The van der Waals surface area contributed by atoms with Gasteiger partial charge < -0.3 is 4.90 Å². The van der Waals surface area contributed by atoms with Crippen LogP contribution in [0, 0.1) is 0 Å². The molecule has 1 aliphatic heterocycles. The molecular weight excluding hydrogens is 286 g/mol. The Labute approximate surface area is 136 Å². The van der Waals surface area contributed by atoms with Crippen molar-refractivity contribution in [1.29, 1.82) is 0 Å². The first kappa shape index (κ1) is 15.2. The lowest BCUT2D eigenvalue weighted by atomic mass is 9.94. The van der Waals surface area contributed by atoms with E-state index < -0.39 is 0 Å². The Morgan fingerprint density at radius 2 is 1.52 bits per heavy atom. The van der Waals surface area contributed by atoms with Crippen molar-refractivity contribution in [2.24, 2.45) is 0 Å². The first-order chi connectivity index (χ1) is 11.3. The van der Waals surface area contributed by atoms with Gasteiger partial charge in [-0.25, -0.2) is 0 Å². The Balaban J connectivity index is 1.82. The summed E-state index contributed by atoms with van der Waals surface area (Å²) in [6, 6.07) is 19.8. The highest BCUT2D eigenvalue weighted by Crippen LogP contribution is 2.23. The minimum Gasteiger partial charge on any atom is -0.334 e. The summed E-state index contributed by atoms with van der Waals surface area (Å²) in [5, 5.41) is 0. The molecule has 0 aliphatic carbocycles. The van der Waals surface area contributed by atoms with Gasteiger partial charge in [-0.3, -0.25) is 9.59 Å². The normalized spacial score (nSPS) is 15.0. The highest BCUT2D eigenvalue weighted by Gasteiger charge is 2.26. The molecule has 0 saturated heterocycles. The van der Waals surface area contributed by atoms with Gasteiger partial charge in [0.05, 0.1) is 0 Å². The molecule has 2 aromatic carbocycles. The Hall–Kier alpha value is -2.68. The van der Waals surface area contributed by atoms with E-state index in [9.17, 15) is 9.59 Å². The number of carbonyl (C=O) groups is 2. The highest BCUT2D eigenvalue weighted by atomic mass is 16.2. The molecule has 3 heteroatoms. The zero-order valence-electron chi connectivity index (χ0n) is 12.9. The van der Waals surface area contributed by atoms with Gasteiger partial charge in [0.2, 0.25) is 0 Å². The molecule has 116 valence electrons. The maximum Gasteiger partial charge on any atom is 0.250 e. The van der Waals surface area contributed by atoms with Crippen LogP contribution in [-0.2, 0) is 22.6 Å². The number of amides is 1. The predicted octanol–water partition coefficient (Wildman–Crippen LogP) is 3.16. The third kappa shape index (κ3) is 3.57. The Morgan fingerprint density at radius 3 is 2.13 bits per heavy atom. The lowest BCUT2D eigenvalue weighted by molar-refractivity contribution is -0.129. The zero-order valence-corrected chi connectivity index (χ0v) is 12.9. The lowest BCUT2D eigenvalue weighted by Gasteiger charge is -2.29. The molecule has 1 aliphatic rings. The van der Waals surface area contributed by atoms with Crippen molar-refractivity contribution in [2.45, 2.75) is 19.4 Å².